The SMILES string of the molecule is CCCOc1cccc(/C(O)=C2\C(=O)C(=O)N(c3ccc(C(F)(F)F)cc3)C2c2ccccc2C)c1. The van der Waals surface area contributed by atoms with Crippen LogP contribution in [0.4, 0.5) is 18.9 Å². The second kappa shape index (κ2) is 9.89. The molecule has 1 N–H and O–H groups in total. The number of ether oxygens (including phenoxy) is 1. The van der Waals surface area contributed by atoms with Crippen molar-refractivity contribution in [2.45, 2.75) is 32.5 Å². The van der Waals surface area contributed by atoms with Gasteiger partial charge in [-0.25, -0.2) is 0 Å². The van der Waals surface area contributed by atoms with Crippen molar-refractivity contribution in [2.75, 3.05) is 11.5 Å². The van der Waals surface area contributed by atoms with Crippen LogP contribution in [0.3, 0.4) is 0 Å². The molecule has 1 aliphatic heterocycles. The molecule has 1 atom stereocenters. The number of benzene rings is 3. The molecule has 1 saturated heterocycles. The van der Waals surface area contributed by atoms with Crippen LogP contribution in [-0.4, -0.2) is 23.4 Å². The zero-order valence-corrected chi connectivity index (χ0v) is 19.7. The van der Waals surface area contributed by atoms with E-state index in [1.165, 1.54) is 0 Å². The molecule has 0 aromatic heterocycles. The summed E-state index contributed by atoms with van der Waals surface area (Å²) in [6, 6.07) is 16.6. The summed E-state index contributed by atoms with van der Waals surface area (Å²) in [5.74, 6) is -1.77. The van der Waals surface area contributed by atoms with Gasteiger partial charge in [-0.1, -0.05) is 43.3 Å². The minimum absolute atomic E-state index is 0.109. The first-order chi connectivity index (χ1) is 17.1. The Morgan fingerprint density at radius 1 is 1.00 bits per heavy atom. The van der Waals surface area contributed by atoms with Crippen LogP contribution in [0.2, 0.25) is 0 Å². The number of Topliss-reactive ketones (excluding diaryl/α,β-unsaturated/α-hetero) is 1. The lowest BCUT2D eigenvalue weighted by Crippen LogP contribution is -2.29. The number of aliphatic hydroxyl groups excluding tert-OH is 1. The van der Waals surface area contributed by atoms with Crippen molar-refractivity contribution in [3.05, 3.63) is 101 Å². The van der Waals surface area contributed by atoms with Crippen LogP contribution in [0.15, 0.2) is 78.4 Å². The molecule has 5 nitrogen and oxygen atoms in total. The number of hydrogen-bond donors (Lipinski definition) is 1. The molecule has 3 aromatic carbocycles. The van der Waals surface area contributed by atoms with Crippen LogP contribution >= 0.6 is 0 Å². The lowest BCUT2D eigenvalue weighted by atomic mass is 9.92. The van der Waals surface area contributed by atoms with Crippen molar-refractivity contribution in [1.29, 1.82) is 0 Å². The number of hydrogen-bond acceptors (Lipinski definition) is 4. The van der Waals surface area contributed by atoms with Gasteiger partial charge in [-0.3, -0.25) is 14.5 Å². The second-order valence-corrected chi connectivity index (χ2v) is 8.45. The lowest BCUT2D eigenvalue weighted by Gasteiger charge is -2.27. The number of ketones is 1. The maximum absolute atomic E-state index is 13.3. The van der Waals surface area contributed by atoms with E-state index >= 15 is 0 Å². The summed E-state index contributed by atoms with van der Waals surface area (Å²) in [6.45, 7) is 4.21. The third-order valence-electron chi connectivity index (χ3n) is 5.98. The highest BCUT2D eigenvalue weighted by Crippen LogP contribution is 2.43. The number of alkyl halides is 3. The topological polar surface area (TPSA) is 66.8 Å². The van der Waals surface area contributed by atoms with Gasteiger partial charge in [0.1, 0.15) is 11.5 Å². The Morgan fingerprint density at radius 3 is 2.33 bits per heavy atom. The highest BCUT2D eigenvalue weighted by Gasteiger charge is 2.47. The fourth-order valence-corrected chi connectivity index (χ4v) is 4.21. The summed E-state index contributed by atoms with van der Waals surface area (Å²) in [4.78, 5) is 27.6. The molecule has 0 saturated carbocycles. The molecule has 0 bridgehead atoms. The van der Waals surface area contributed by atoms with Crippen LogP contribution in [-0.2, 0) is 15.8 Å². The first kappa shape index (κ1) is 25.0. The largest absolute Gasteiger partial charge is 0.507 e. The summed E-state index contributed by atoms with van der Waals surface area (Å²) >= 11 is 0. The van der Waals surface area contributed by atoms with E-state index in [1.54, 1.807) is 55.5 Å². The van der Waals surface area contributed by atoms with Gasteiger partial charge in [-0.05, 0) is 60.9 Å². The van der Waals surface area contributed by atoms with Gasteiger partial charge in [0.15, 0.2) is 0 Å². The Bertz CT molecular complexity index is 1330. The molecular weight excluding hydrogens is 471 g/mol. The van der Waals surface area contributed by atoms with E-state index in [4.69, 9.17) is 4.74 Å². The smallest absolute Gasteiger partial charge is 0.416 e. The van der Waals surface area contributed by atoms with Gasteiger partial charge in [0.05, 0.1) is 23.8 Å². The third kappa shape index (κ3) is 4.71. The van der Waals surface area contributed by atoms with Crippen LogP contribution in [0.25, 0.3) is 5.76 Å². The Labute approximate surface area is 206 Å². The molecule has 4 rings (SSSR count). The first-order valence-corrected chi connectivity index (χ1v) is 11.4. The highest BCUT2D eigenvalue weighted by atomic mass is 19.4. The van der Waals surface area contributed by atoms with Crippen molar-refractivity contribution in [3.63, 3.8) is 0 Å². The molecule has 186 valence electrons. The number of anilines is 1. The van der Waals surface area contributed by atoms with E-state index in [-0.39, 0.29) is 16.8 Å². The molecule has 36 heavy (non-hydrogen) atoms. The Hall–Kier alpha value is -4.07. The lowest BCUT2D eigenvalue weighted by molar-refractivity contribution is -0.137. The first-order valence-electron chi connectivity index (χ1n) is 11.4. The molecule has 1 unspecified atom stereocenters. The number of carbonyl (C=O) groups excluding carboxylic acids is 2. The summed E-state index contributed by atoms with van der Waals surface area (Å²) in [7, 11) is 0. The predicted octanol–water partition coefficient (Wildman–Crippen LogP) is 6.43. The fourth-order valence-electron chi connectivity index (χ4n) is 4.21. The van der Waals surface area contributed by atoms with E-state index in [2.05, 4.69) is 0 Å². The Kier molecular flexibility index (Phi) is 6.88. The number of aliphatic hydroxyl groups is 1. The van der Waals surface area contributed by atoms with E-state index in [1.807, 2.05) is 6.92 Å². The van der Waals surface area contributed by atoms with E-state index < -0.39 is 35.2 Å². The normalized spacial score (nSPS) is 17.5. The molecule has 0 radical (unpaired) electrons. The maximum atomic E-state index is 13.3. The zero-order chi connectivity index (χ0) is 26.0. The zero-order valence-electron chi connectivity index (χ0n) is 19.7. The standard InChI is InChI=1S/C28H24F3NO4/c1-3-15-36-21-9-6-8-18(16-21)25(33)23-24(22-10-5-4-7-17(22)2)32(27(35)26(23)34)20-13-11-19(12-14-20)28(29,30)31/h4-14,16,24,33H,3,15H2,1-2H3/b25-23+. The van der Waals surface area contributed by atoms with Gasteiger partial charge < -0.3 is 9.84 Å². The minimum atomic E-state index is -4.55. The summed E-state index contributed by atoms with van der Waals surface area (Å²) < 4.78 is 45.0. The van der Waals surface area contributed by atoms with Crippen molar-refractivity contribution < 1.29 is 32.6 Å². The number of rotatable bonds is 6. The van der Waals surface area contributed by atoms with Gasteiger partial charge in [0.2, 0.25) is 0 Å². The number of nitrogens with zero attached hydrogens (tertiary/aromatic N) is 1. The average Bonchev–Trinajstić information content (AvgIpc) is 3.12. The Balaban J connectivity index is 1.88. The highest BCUT2D eigenvalue weighted by molar-refractivity contribution is 6.51. The van der Waals surface area contributed by atoms with Crippen molar-refractivity contribution >= 4 is 23.1 Å². The van der Waals surface area contributed by atoms with Gasteiger partial charge in [-0.2, -0.15) is 13.2 Å². The molecule has 0 aliphatic carbocycles. The summed E-state index contributed by atoms with van der Waals surface area (Å²) in [5, 5.41) is 11.3. The van der Waals surface area contributed by atoms with Gasteiger partial charge in [0, 0.05) is 11.3 Å². The second-order valence-electron chi connectivity index (χ2n) is 8.45. The molecule has 1 heterocycles. The average molecular weight is 495 g/mol. The number of aryl methyl sites for hydroxylation is 1. The summed E-state index contributed by atoms with van der Waals surface area (Å²) in [5.41, 5.74) is 0.676. The van der Waals surface area contributed by atoms with Gasteiger partial charge in [-0.15, -0.1) is 0 Å². The van der Waals surface area contributed by atoms with Crippen LogP contribution in [0, 0.1) is 6.92 Å². The number of amides is 1. The van der Waals surface area contributed by atoms with Crippen LogP contribution in [0.1, 0.15) is 41.6 Å². The van der Waals surface area contributed by atoms with Crippen molar-refractivity contribution in [1.82, 2.24) is 0 Å². The van der Waals surface area contributed by atoms with Gasteiger partial charge >= 0.3 is 6.18 Å². The van der Waals surface area contributed by atoms with Crippen molar-refractivity contribution in [2.24, 2.45) is 0 Å². The van der Waals surface area contributed by atoms with E-state index in [0.717, 1.165) is 41.1 Å². The van der Waals surface area contributed by atoms with Crippen molar-refractivity contribution in [3.8, 4) is 5.75 Å². The van der Waals surface area contributed by atoms with Crippen LogP contribution < -0.4 is 9.64 Å². The maximum Gasteiger partial charge on any atom is 0.416 e. The molecule has 1 fully saturated rings. The van der Waals surface area contributed by atoms with Crippen LogP contribution in [0.5, 0.6) is 5.75 Å². The fraction of sp³-hybridized carbons (Fsp3) is 0.214. The molecular formula is C28H24F3NO4. The van der Waals surface area contributed by atoms with E-state index in [0.29, 0.717) is 17.9 Å². The summed E-state index contributed by atoms with van der Waals surface area (Å²) in [6.07, 6.45) is -3.77. The third-order valence-corrected chi connectivity index (χ3v) is 5.98. The molecule has 0 spiro atoms. The molecule has 1 amide bonds. The van der Waals surface area contributed by atoms with E-state index in [9.17, 15) is 27.9 Å². The number of halogens is 3. The predicted molar refractivity (Wildman–Crippen MR) is 130 cm³/mol. The molecule has 3 aromatic rings. The monoisotopic (exact) mass is 495 g/mol. The molecule has 1 aliphatic rings. The molecule has 8 heteroatoms. The number of carbonyl (C=O) groups is 2. The Morgan fingerprint density at radius 2 is 1.69 bits per heavy atom. The van der Waals surface area contributed by atoms with Gasteiger partial charge in [0.25, 0.3) is 11.7 Å². The minimum Gasteiger partial charge on any atom is -0.507 e. The quantitative estimate of drug-likeness (QED) is 0.243.